The molecule has 0 amide bonds. The fraction of sp³-hybridized carbons (Fsp3) is 0. The topological polar surface area (TPSA) is 90.4 Å². The van der Waals surface area contributed by atoms with Crippen LogP contribution in [0.25, 0.3) is 32.0 Å². The van der Waals surface area contributed by atoms with Gasteiger partial charge in [0.15, 0.2) is 11.6 Å². The van der Waals surface area contributed by atoms with E-state index in [9.17, 15) is 28.9 Å². The smallest absolute Gasteiger partial charge is 0.270 e. The molecule has 0 aliphatic heterocycles. The van der Waals surface area contributed by atoms with Crippen molar-refractivity contribution in [1.82, 2.24) is 0 Å². The Labute approximate surface area is 243 Å². The summed E-state index contributed by atoms with van der Waals surface area (Å²) in [4.78, 5) is 33.4. The zero-order valence-corrected chi connectivity index (χ0v) is 22.6. The number of allylic oxidation sites excluding steroid dienone is 4. The molecule has 2 aromatic heterocycles. The Morgan fingerprint density at radius 2 is 1.00 bits per heavy atom. The quantitative estimate of drug-likeness (QED) is 0.194. The Kier molecular flexibility index (Phi) is 6.30. The second-order valence-corrected chi connectivity index (χ2v) is 11.2. The van der Waals surface area contributed by atoms with Gasteiger partial charge in [-0.15, -0.1) is 22.7 Å². The van der Waals surface area contributed by atoms with Crippen LogP contribution in [-0.4, -0.2) is 11.6 Å². The summed E-state index contributed by atoms with van der Waals surface area (Å²) in [5.74, 6) is -2.22. The molecule has 0 spiro atoms. The molecule has 0 radical (unpaired) electrons. The first-order valence-electron chi connectivity index (χ1n) is 12.0. The number of hydrogen-bond donors (Lipinski definition) is 0. The molecule has 6 rings (SSSR count). The van der Waals surface area contributed by atoms with Gasteiger partial charge in [0, 0.05) is 51.5 Å². The highest BCUT2D eigenvalue weighted by Crippen LogP contribution is 2.41. The molecule has 4 aromatic rings. The van der Waals surface area contributed by atoms with E-state index in [1.807, 2.05) is 12.1 Å². The first kappa shape index (κ1) is 26.4. The number of nitriles is 2. The normalized spacial score (nSPS) is 19.3. The van der Waals surface area contributed by atoms with E-state index in [2.05, 4.69) is 9.69 Å². The van der Waals surface area contributed by atoms with Crippen molar-refractivity contribution in [3.8, 4) is 12.1 Å². The predicted octanol–water partition coefficient (Wildman–Crippen LogP) is 5.78. The Morgan fingerprint density at radius 1 is 0.619 bits per heavy atom. The van der Waals surface area contributed by atoms with Gasteiger partial charge in [-0.2, -0.15) is 0 Å². The highest BCUT2D eigenvalue weighted by molar-refractivity contribution is 7.12. The highest BCUT2D eigenvalue weighted by atomic mass is 32.1. The van der Waals surface area contributed by atoms with Gasteiger partial charge in [0.1, 0.15) is 11.6 Å². The summed E-state index contributed by atoms with van der Waals surface area (Å²) in [7, 11) is 0. The van der Waals surface area contributed by atoms with E-state index in [1.54, 1.807) is 24.3 Å². The van der Waals surface area contributed by atoms with Crippen LogP contribution in [0.1, 0.15) is 31.8 Å². The molecule has 0 atom stereocenters. The van der Waals surface area contributed by atoms with Gasteiger partial charge in [-0.25, -0.2) is 29.0 Å². The van der Waals surface area contributed by atoms with E-state index in [4.69, 9.17) is 13.1 Å². The maximum absolute atomic E-state index is 14.0. The largest absolute Gasteiger partial charge is 0.289 e. The second-order valence-electron chi connectivity index (χ2n) is 9.01. The van der Waals surface area contributed by atoms with Gasteiger partial charge in [0.05, 0.1) is 25.3 Å². The highest BCUT2D eigenvalue weighted by Gasteiger charge is 2.35. The summed E-state index contributed by atoms with van der Waals surface area (Å²) in [6, 6.07) is 17.8. The molecule has 0 saturated carbocycles. The molecule has 10 heteroatoms. The summed E-state index contributed by atoms with van der Waals surface area (Å²) in [5.41, 5.74) is 0.797. The van der Waals surface area contributed by atoms with Gasteiger partial charge in [0.25, 0.3) is 11.4 Å². The maximum atomic E-state index is 14.0. The molecule has 0 saturated heterocycles. The summed E-state index contributed by atoms with van der Waals surface area (Å²) >= 11 is 2.44. The minimum absolute atomic E-state index is 0.0735. The first-order chi connectivity index (χ1) is 20.3. The summed E-state index contributed by atoms with van der Waals surface area (Å²) < 4.78 is 30.3. The summed E-state index contributed by atoms with van der Waals surface area (Å²) in [5, 5.41) is 19.2. The van der Waals surface area contributed by atoms with Crippen LogP contribution >= 0.6 is 22.7 Å². The molecule has 0 unspecified atom stereocenters. The van der Waals surface area contributed by atoms with Crippen molar-refractivity contribution < 1.29 is 18.4 Å². The number of thiophene rings is 2. The van der Waals surface area contributed by atoms with Crippen molar-refractivity contribution in [2.24, 2.45) is 0 Å². The Hall–Kier alpha value is -5.78. The molecule has 196 valence electrons. The average Bonchev–Trinajstić information content (AvgIpc) is 3.76. The second kappa shape index (κ2) is 10.0. The molecule has 2 aliphatic carbocycles. The van der Waals surface area contributed by atoms with Crippen LogP contribution in [0.15, 0.2) is 72.1 Å². The SMILES string of the molecule is [C-]#[N+]/C(C#N)=C1\C(=c2\cc/c(=c3/cc/c(=C4\C(=O)c5cc(F)ccc5\C4=C(\C#N)[N+]#[C-])s3)s2)C(=O)c2cc(F)ccc21. The van der Waals surface area contributed by atoms with Crippen molar-refractivity contribution in [3.05, 3.63) is 147 Å². The standard InChI is InChI=1S/C32H10F2N4O2S2/c1-37-21(13-35)27-17-5-3-15(33)11-19(17)31(39)29(27)25-9-7-23(41-25)24-8-10-26(42-24)30-28(22(14-36)38-2)18-6-4-16(34)12-20(18)32(30)40/h3-12H/b24-23+,27-21-,28-22+,29-25+,30-26+. The average molecular weight is 585 g/mol. The molecule has 6 nitrogen and oxygen atoms in total. The van der Waals surface area contributed by atoms with E-state index < -0.39 is 23.2 Å². The molecule has 0 fully saturated rings. The molecular formula is C32H10F2N4O2S2. The predicted molar refractivity (Wildman–Crippen MR) is 152 cm³/mol. The molecule has 2 heterocycles. The summed E-state index contributed by atoms with van der Waals surface area (Å²) in [6.07, 6.45) is 0. The van der Waals surface area contributed by atoms with Gasteiger partial charge >= 0.3 is 0 Å². The van der Waals surface area contributed by atoms with Crippen molar-refractivity contribution in [2.75, 3.05) is 0 Å². The number of rotatable bonds is 0. The van der Waals surface area contributed by atoms with Gasteiger partial charge < -0.3 is 0 Å². The van der Waals surface area contributed by atoms with E-state index in [-0.39, 0.29) is 44.8 Å². The van der Waals surface area contributed by atoms with Crippen molar-refractivity contribution in [2.45, 2.75) is 0 Å². The molecule has 2 aliphatic rings. The number of halogens is 2. The van der Waals surface area contributed by atoms with Crippen LogP contribution in [0.2, 0.25) is 0 Å². The minimum Gasteiger partial charge on any atom is -0.289 e. The number of hydrogen-bond acceptors (Lipinski definition) is 6. The van der Waals surface area contributed by atoms with Crippen LogP contribution < -0.4 is 9.06 Å². The zero-order chi connectivity index (χ0) is 29.7. The number of ketones is 2. The Bertz CT molecular complexity index is 2220. The number of Topliss-reactive ketones (excluding diaryl/α,β-unsaturated/α-hetero) is 2. The first-order valence-corrected chi connectivity index (χ1v) is 13.6. The van der Waals surface area contributed by atoms with Crippen LogP contribution in [0.4, 0.5) is 8.78 Å². The lowest BCUT2D eigenvalue weighted by Crippen LogP contribution is -2.06. The Balaban J connectivity index is 1.63. The van der Waals surface area contributed by atoms with Crippen molar-refractivity contribution in [3.63, 3.8) is 0 Å². The van der Waals surface area contributed by atoms with E-state index in [0.717, 1.165) is 12.1 Å². The third kappa shape index (κ3) is 3.91. The Morgan fingerprint density at radius 3 is 1.36 bits per heavy atom. The van der Waals surface area contributed by atoms with Gasteiger partial charge in [-0.05, 0) is 59.7 Å². The third-order valence-electron chi connectivity index (χ3n) is 6.80. The van der Waals surface area contributed by atoms with Crippen LogP contribution in [0.3, 0.4) is 0 Å². The number of carbonyl (C=O) groups is 2. The van der Waals surface area contributed by atoms with E-state index >= 15 is 0 Å². The number of carbonyl (C=O) groups excluding carboxylic acids is 2. The van der Waals surface area contributed by atoms with Crippen LogP contribution in [0.5, 0.6) is 0 Å². The minimum atomic E-state index is -0.614. The summed E-state index contributed by atoms with van der Waals surface area (Å²) in [6.45, 7) is 14.9. The molecule has 2 aromatic carbocycles. The number of benzene rings is 2. The number of fused-ring (bicyclic) bond motifs is 2. The molecular weight excluding hydrogens is 575 g/mol. The number of nitrogens with zero attached hydrogens (tertiary/aromatic N) is 4. The van der Waals surface area contributed by atoms with Gasteiger partial charge in [0.2, 0.25) is 0 Å². The third-order valence-corrected chi connectivity index (χ3v) is 9.20. The van der Waals surface area contributed by atoms with Crippen molar-refractivity contribution in [1.29, 1.82) is 10.5 Å². The lowest BCUT2D eigenvalue weighted by molar-refractivity contribution is 0.105. The molecule has 0 N–H and O–H groups in total. The fourth-order valence-corrected chi connectivity index (χ4v) is 7.25. The van der Waals surface area contributed by atoms with E-state index in [1.165, 1.54) is 46.9 Å². The van der Waals surface area contributed by atoms with Crippen LogP contribution in [0, 0.1) is 56.5 Å². The lowest BCUT2D eigenvalue weighted by Gasteiger charge is -2.01. The molecule has 42 heavy (non-hydrogen) atoms. The maximum Gasteiger partial charge on any atom is 0.270 e. The van der Waals surface area contributed by atoms with Crippen LogP contribution in [-0.2, 0) is 0 Å². The van der Waals surface area contributed by atoms with Crippen molar-refractivity contribution >= 4 is 56.5 Å². The molecule has 0 bridgehead atoms. The lowest BCUT2D eigenvalue weighted by atomic mass is 10.0. The fourth-order valence-electron chi connectivity index (χ4n) is 5.06. The van der Waals surface area contributed by atoms with Gasteiger partial charge in [-0.3, -0.25) is 9.59 Å². The monoisotopic (exact) mass is 584 g/mol. The zero-order valence-electron chi connectivity index (χ0n) is 21.0. The van der Waals surface area contributed by atoms with Gasteiger partial charge in [-0.1, -0.05) is 12.1 Å². The van der Waals surface area contributed by atoms with E-state index in [0.29, 0.717) is 29.3 Å².